The highest BCUT2D eigenvalue weighted by molar-refractivity contribution is 7.99. The van der Waals surface area contributed by atoms with Gasteiger partial charge < -0.3 is 10.4 Å². The van der Waals surface area contributed by atoms with Crippen LogP contribution in [-0.2, 0) is 11.8 Å². The molecule has 1 atom stereocenters. The molecule has 8 heteroatoms. The van der Waals surface area contributed by atoms with Gasteiger partial charge in [0.1, 0.15) is 6.04 Å². The Bertz CT molecular complexity index is 465. The number of rotatable bonds is 6. The predicted octanol–water partition coefficient (Wildman–Crippen LogP) is -0.594. The molecule has 17 heavy (non-hydrogen) atoms. The first-order valence-electron chi connectivity index (χ1n) is 5.31. The minimum absolute atomic E-state index is 0.297. The van der Waals surface area contributed by atoms with Crippen molar-refractivity contribution in [3.63, 3.8) is 0 Å². The van der Waals surface area contributed by atoms with Gasteiger partial charge in [0, 0.05) is 18.8 Å². The van der Waals surface area contributed by atoms with Crippen molar-refractivity contribution in [2.24, 2.45) is 7.05 Å². The highest BCUT2D eigenvalue weighted by Crippen LogP contribution is 2.21. The first-order chi connectivity index (χ1) is 8.08. The minimum atomic E-state index is -0.870. The van der Waals surface area contributed by atoms with E-state index in [-0.39, 0.29) is 5.69 Å². The van der Waals surface area contributed by atoms with Gasteiger partial charge in [0.2, 0.25) is 0 Å². The van der Waals surface area contributed by atoms with Crippen LogP contribution in [0.4, 0.5) is 0 Å². The van der Waals surface area contributed by atoms with Crippen LogP contribution in [0.25, 0.3) is 0 Å². The largest absolute Gasteiger partial charge is 0.480 e. The van der Waals surface area contributed by atoms with Gasteiger partial charge in [-0.1, -0.05) is 11.8 Å². The second-order valence-electron chi connectivity index (χ2n) is 4.01. The quantitative estimate of drug-likeness (QED) is 0.589. The fraction of sp³-hybridized carbons (Fsp3) is 0.667. The summed E-state index contributed by atoms with van der Waals surface area (Å²) in [4.78, 5) is 22.1. The molecule has 94 valence electrons. The SMILES string of the molecule is Cn1c(SCC(NC2CC2)C(=O)O)n[nH]c1=O. The van der Waals surface area contributed by atoms with Gasteiger partial charge in [-0.3, -0.25) is 9.36 Å². The lowest BCUT2D eigenvalue weighted by Crippen LogP contribution is -2.40. The van der Waals surface area contributed by atoms with Gasteiger partial charge in [0.15, 0.2) is 5.16 Å². The van der Waals surface area contributed by atoms with Crippen LogP contribution in [0.2, 0.25) is 0 Å². The molecule has 7 nitrogen and oxygen atoms in total. The van der Waals surface area contributed by atoms with E-state index in [4.69, 9.17) is 5.11 Å². The lowest BCUT2D eigenvalue weighted by Gasteiger charge is -2.12. The Kier molecular flexibility index (Phi) is 3.53. The summed E-state index contributed by atoms with van der Waals surface area (Å²) in [6.45, 7) is 0. The lowest BCUT2D eigenvalue weighted by atomic mass is 10.3. The van der Waals surface area contributed by atoms with Crippen molar-refractivity contribution < 1.29 is 9.90 Å². The zero-order chi connectivity index (χ0) is 12.4. The maximum Gasteiger partial charge on any atom is 0.343 e. The van der Waals surface area contributed by atoms with Crippen molar-refractivity contribution in [2.45, 2.75) is 30.1 Å². The van der Waals surface area contributed by atoms with Gasteiger partial charge in [-0.25, -0.2) is 9.89 Å². The van der Waals surface area contributed by atoms with E-state index in [1.165, 1.54) is 16.3 Å². The maximum atomic E-state index is 11.1. The van der Waals surface area contributed by atoms with E-state index in [0.29, 0.717) is 17.0 Å². The predicted molar refractivity (Wildman–Crippen MR) is 62.1 cm³/mol. The Morgan fingerprint density at radius 1 is 1.76 bits per heavy atom. The van der Waals surface area contributed by atoms with Crippen molar-refractivity contribution in [3.05, 3.63) is 10.5 Å². The second-order valence-corrected chi connectivity index (χ2v) is 5.00. The number of carbonyl (C=O) groups is 1. The molecule has 0 aliphatic heterocycles. The summed E-state index contributed by atoms with van der Waals surface area (Å²) in [5.74, 6) is -0.519. The van der Waals surface area contributed by atoms with Crippen molar-refractivity contribution in [1.29, 1.82) is 0 Å². The van der Waals surface area contributed by atoms with E-state index in [1.54, 1.807) is 7.05 Å². The molecule has 0 aromatic carbocycles. The van der Waals surface area contributed by atoms with Crippen LogP contribution in [0, 0.1) is 0 Å². The van der Waals surface area contributed by atoms with E-state index < -0.39 is 12.0 Å². The number of aliphatic carboxylic acids is 1. The Labute approximate surface area is 102 Å². The molecule has 1 aromatic rings. The second kappa shape index (κ2) is 4.92. The molecule has 1 aliphatic rings. The van der Waals surface area contributed by atoms with E-state index in [1.807, 2.05) is 0 Å². The Hall–Kier alpha value is -1.28. The fourth-order valence-corrected chi connectivity index (χ4v) is 2.29. The van der Waals surface area contributed by atoms with Crippen LogP contribution in [-0.4, -0.2) is 43.7 Å². The third-order valence-electron chi connectivity index (χ3n) is 2.53. The Morgan fingerprint density at radius 2 is 2.47 bits per heavy atom. The molecule has 0 radical (unpaired) electrons. The number of H-pyrrole nitrogens is 1. The van der Waals surface area contributed by atoms with Crippen LogP contribution in [0.15, 0.2) is 9.95 Å². The van der Waals surface area contributed by atoms with Crippen molar-refractivity contribution in [3.8, 4) is 0 Å². The Balaban J connectivity index is 1.92. The Morgan fingerprint density at radius 3 is 2.94 bits per heavy atom. The molecular formula is C9H14N4O3S. The molecule has 0 bridgehead atoms. The van der Waals surface area contributed by atoms with Crippen LogP contribution < -0.4 is 11.0 Å². The van der Waals surface area contributed by atoms with E-state index in [9.17, 15) is 9.59 Å². The first-order valence-corrected chi connectivity index (χ1v) is 6.29. The fourth-order valence-electron chi connectivity index (χ4n) is 1.34. The molecule has 0 spiro atoms. The number of nitrogens with one attached hydrogen (secondary N) is 2. The highest BCUT2D eigenvalue weighted by Gasteiger charge is 2.28. The van der Waals surface area contributed by atoms with Crippen LogP contribution in [0.3, 0.4) is 0 Å². The average Bonchev–Trinajstić information content (AvgIpc) is 3.04. The monoisotopic (exact) mass is 258 g/mol. The number of carboxylic acids is 1. The lowest BCUT2D eigenvalue weighted by molar-refractivity contribution is -0.138. The molecule has 1 aromatic heterocycles. The summed E-state index contributed by atoms with van der Waals surface area (Å²) in [6.07, 6.45) is 2.07. The molecule has 3 N–H and O–H groups in total. The van der Waals surface area contributed by atoms with Crippen LogP contribution >= 0.6 is 11.8 Å². The summed E-state index contributed by atoms with van der Waals surface area (Å²) in [5.41, 5.74) is -0.297. The molecular weight excluding hydrogens is 244 g/mol. The number of hydrogen-bond acceptors (Lipinski definition) is 5. The summed E-state index contributed by atoms with van der Waals surface area (Å²) in [7, 11) is 1.60. The topological polar surface area (TPSA) is 100 Å². The van der Waals surface area contributed by atoms with Gasteiger partial charge >= 0.3 is 11.7 Å². The molecule has 0 amide bonds. The molecule has 2 rings (SSSR count). The van der Waals surface area contributed by atoms with Gasteiger partial charge in [-0.05, 0) is 12.8 Å². The van der Waals surface area contributed by atoms with Gasteiger partial charge in [-0.2, -0.15) is 0 Å². The standard InChI is InChI=1S/C9H14N4O3S/c1-13-8(16)11-12-9(13)17-4-6(7(14)15)10-5-2-3-5/h5-6,10H,2-4H2,1H3,(H,11,16)(H,14,15). The van der Waals surface area contributed by atoms with E-state index in [0.717, 1.165) is 12.8 Å². The number of thioether (sulfide) groups is 1. The minimum Gasteiger partial charge on any atom is -0.480 e. The van der Waals surface area contributed by atoms with Crippen molar-refractivity contribution >= 4 is 17.7 Å². The number of nitrogens with zero attached hydrogens (tertiary/aromatic N) is 2. The number of aromatic nitrogens is 3. The summed E-state index contributed by atoms with van der Waals surface area (Å²) in [6, 6.07) is -0.265. The van der Waals surface area contributed by atoms with Crippen LogP contribution in [0.5, 0.6) is 0 Å². The molecule has 1 heterocycles. The zero-order valence-electron chi connectivity index (χ0n) is 9.34. The summed E-state index contributed by atoms with van der Waals surface area (Å²) >= 11 is 1.25. The average molecular weight is 258 g/mol. The third kappa shape index (κ3) is 3.10. The molecule has 1 unspecified atom stereocenters. The number of carboxylic acid groups (broad SMARTS) is 1. The van der Waals surface area contributed by atoms with Crippen LogP contribution in [0.1, 0.15) is 12.8 Å². The smallest absolute Gasteiger partial charge is 0.343 e. The van der Waals surface area contributed by atoms with Gasteiger partial charge in [0.05, 0.1) is 0 Å². The molecule has 1 fully saturated rings. The summed E-state index contributed by atoms with van der Waals surface area (Å²) < 4.78 is 1.36. The highest BCUT2D eigenvalue weighted by atomic mass is 32.2. The third-order valence-corrected chi connectivity index (χ3v) is 3.65. The van der Waals surface area contributed by atoms with Crippen molar-refractivity contribution in [2.75, 3.05) is 5.75 Å². The zero-order valence-corrected chi connectivity index (χ0v) is 10.2. The van der Waals surface area contributed by atoms with E-state index in [2.05, 4.69) is 15.5 Å². The molecule has 1 saturated carbocycles. The first kappa shape index (κ1) is 12.2. The van der Waals surface area contributed by atoms with Gasteiger partial charge in [0.25, 0.3) is 0 Å². The van der Waals surface area contributed by atoms with Gasteiger partial charge in [-0.15, -0.1) is 5.10 Å². The maximum absolute atomic E-state index is 11.1. The van der Waals surface area contributed by atoms with E-state index >= 15 is 0 Å². The molecule has 1 aliphatic carbocycles. The normalized spacial score (nSPS) is 17.0. The summed E-state index contributed by atoms with van der Waals surface area (Å²) in [5, 5.41) is 18.7. The number of aromatic amines is 1. The van der Waals surface area contributed by atoms with Crippen molar-refractivity contribution in [1.82, 2.24) is 20.1 Å². The molecule has 0 saturated heterocycles. The number of hydrogen-bond donors (Lipinski definition) is 3.